The zero-order valence-electron chi connectivity index (χ0n) is 19.8. The number of rotatable bonds is 5. The van der Waals surface area contributed by atoms with Gasteiger partial charge in [0, 0.05) is 37.8 Å². The summed E-state index contributed by atoms with van der Waals surface area (Å²) in [5, 5.41) is 13.5. The first kappa shape index (κ1) is 23.5. The number of aliphatic hydroxyl groups is 1. The van der Waals surface area contributed by atoms with Crippen molar-refractivity contribution in [1.29, 1.82) is 0 Å². The van der Waals surface area contributed by atoms with Crippen molar-refractivity contribution in [3.63, 3.8) is 0 Å². The van der Waals surface area contributed by atoms with Crippen molar-refractivity contribution in [2.24, 2.45) is 5.92 Å². The van der Waals surface area contributed by atoms with Crippen LogP contribution in [0.5, 0.6) is 0 Å². The lowest BCUT2D eigenvalue weighted by Crippen LogP contribution is -2.42. The minimum Gasteiger partial charge on any atom is -0.394 e. The van der Waals surface area contributed by atoms with E-state index >= 15 is 0 Å². The van der Waals surface area contributed by atoms with E-state index in [0.717, 1.165) is 22.4 Å². The van der Waals surface area contributed by atoms with Crippen molar-refractivity contribution in [3.05, 3.63) is 83.9 Å². The Labute approximate surface area is 206 Å². The molecule has 1 amide bonds. The average Bonchev–Trinajstić information content (AvgIpc) is 3.34. The van der Waals surface area contributed by atoms with Crippen LogP contribution >= 0.6 is 0 Å². The molecule has 3 atom stereocenters. The quantitative estimate of drug-likeness (QED) is 0.569. The molecule has 0 bridgehead atoms. The van der Waals surface area contributed by atoms with Gasteiger partial charge in [-0.3, -0.25) is 4.79 Å². The van der Waals surface area contributed by atoms with Crippen LogP contribution in [0.2, 0.25) is 0 Å². The summed E-state index contributed by atoms with van der Waals surface area (Å²) in [6.07, 6.45) is 0.658. The van der Waals surface area contributed by atoms with Gasteiger partial charge >= 0.3 is 0 Å². The summed E-state index contributed by atoms with van der Waals surface area (Å²) in [7, 11) is -0.272. The Balaban J connectivity index is 1.59. The Bertz CT molecular complexity index is 1360. The highest BCUT2D eigenvalue weighted by molar-refractivity contribution is 7.89. The molecule has 0 radical (unpaired) electrons. The number of carbonyl (C=O) groups is 1. The predicted molar refractivity (Wildman–Crippen MR) is 136 cm³/mol. The molecule has 8 heteroatoms. The van der Waals surface area contributed by atoms with Crippen molar-refractivity contribution < 1.29 is 18.3 Å². The molecule has 35 heavy (non-hydrogen) atoms. The first-order valence-corrected chi connectivity index (χ1v) is 13.2. The number of nitrogens with one attached hydrogen (secondary N) is 1. The molecule has 1 saturated heterocycles. The largest absolute Gasteiger partial charge is 0.394 e. The van der Waals surface area contributed by atoms with Gasteiger partial charge in [-0.25, -0.2) is 8.42 Å². The molecular weight excluding hydrogens is 462 g/mol. The minimum absolute atomic E-state index is 0.0529. The third-order valence-electron chi connectivity index (χ3n) is 7.02. The summed E-state index contributed by atoms with van der Waals surface area (Å²) in [5.41, 5.74) is 4.10. The van der Waals surface area contributed by atoms with Crippen molar-refractivity contribution in [2.45, 2.75) is 23.4 Å². The predicted octanol–water partition coefficient (Wildman–Crippen LogP) is 3.59. The van der Waals surface area contributed by atoms with Gasteiger partial charge in [0.1, 0.15) is 0 Å². The Morgan fingerprint density at radius 3 is 2.49 bits per heavy atom. The molecule has 2 N–H and O–H groups in total. The van der Waals surface area contributed by atoms with Gasteiger partial charge in [-0.2, -0.15) is 4.31 Å². The van der Waals surface area contributed by atoms with E-state index in [9.17, 15) is 18.3 Å². The molecule has 1 fully saturated rings. The van der Waals surface area contributed by atoms with Gasteiger partial charge in [-0.1, -0.05) is 36.4 Å². The zero-order chi connectivity index (χ0) is 24.7. The molecule has 5 rings (SSSR count). The fourth-order valence-corrected chi connectivity index (χ4v) is 6.97. The van der Waals surface area contributed by atoms with Crippen LogP contribution in [-0.4, -0.2) is 61.9 Å². The first-order valence-electron chi connectivity index (χ1n) is 11.7. The summed E-state index contributed by atoms with van der Waals surface area (Å²) in [4.78, 5) is 14.3. The fourth-order valence-electron chi connectivity index (χ4n) is 5.29. The molecule has 182 valence electrons. The molecular formula is C27H29N3O4S. The van der Waals surface area contributed by atoms with Crippen LogP contribution in [0.25, 0.3) is 11.1 Å². The van der Waals surface area contributed by atoms with Crippen LogP contribution in [0.1, 0.15) is 28.4 Å². The maximum absolute atomic E-state index is 13.6. The fraction of sp³-hybridized carbons (Fsp3) is 0.296. The first-order chi connectivity index (χ1) is 16.8. The van der Waals surface area contributed by atoms with Crippen LogP contribution < -0.4 is 5.32 Å². The third-order valence-corrected chi connectivity index (χ3v) is 8.92. The number of amides is 1. The third kappa shape index (κ3) is 4.11. The SMILES string of the molecule is CN(C)C(=O)c1cccc(-c2ccc3c(c2)[C@@H]2[C@@H](CCN2S(=O)(=O)c2ccccc2)[C@H](CO)N3)c1. The lowest BCUT2D eigenvalue weighted by Gasteiger charge is -2.39. The number of nitrogens with zero attached hydrogens (tertiary/aromatic N) is 2. The van der Waals surface area contributed by atoms with Crippen molar-refractivity contribution >= 4 is 21.6 Å². The Kier molecular flexibility index (Phi) is 6.13. The highest BCUT2D eigenvalue weighted by Gasteiger charge is 2.48. The second kappa shape index (κ2) is 9.11. The molecule has 0 saturated carbocycles. The van der Waals surface area contributed by atoms with Gasteiger partial charge in [0.2, 0.25) is 10.0 Å². The van der Waals surface area contributed by atoms with E-state index in [0.29, 0.717) is 18.5 Å². The monoisotopic (exact) mass is 491 g/mol. The van der Waals surface area contributed by atoms with E-state index in [4.69, 9.17) is 0 Å². The van der Waals surface area contributed by atoms with Crippen LogP contribution in [0.4, 0.5) is 5.69 Å². The molecule has 2 aliphatic heterocycles. The molecule has 3 aromatic rings. The minimum atomic E-state index is -3.71. The van der Waals surface area contributed by atoms with Gasteiger partial charge in [-0.05, 0) is 59.5 Å². The Morgan fingerprint density at radius 2 is 1.77 bits per heavy atom. The van der Waals surface area contributed by atoms with Gasteiger partial charge in [0.15, 0.2) is 0 Å². The molecule has 2 aliphatic rings. The lowest BCUT2D eigenvalue weighted by molar-refractivity contribution is 0.0827. The van der Waals surface area contributed by atoms with Crippen LogP contribution in [0, 0.1) is 5.92 Å². The van der Waals surface area contributed by atoms with E-state index in [-0.39, 0.29) is 35.4 Å². The number of hydrogen-bond donors (Lipinski definition) is 2. The van der Waals surface area contributed by atoms with Crippen LogP contribution in [0.15, 0.2) is 77.7 Å². The van der Waals surface area contributed by atoms with Gasteiger partial charge in [0.05, 0.1) is 23.6 Å². The normalized spacial score (nSPS) is 21.6. The van der Waals surface area contributed by atoms with E-state index in [2.05, 4.69) is 5.32 Å². The Morgan fingerprint density at radius 1 is 1.03 bits per heavy atom. The topological polar surface area (TPSA) is 90.0 Å². The van der Waals surface area contributed by atoms with Crippen LogP contribution in [-0.2, 0) is 10.0 Å². The molecule has 0 spiro atoms. The van der Waals surface area contributed by atoms with Gasteiger partial charge in [-0.15, -0.1) is 0 Å². The summed E-state index contributed by atoms with van der Waals surface area (Å²) in [6, 6.07) is 21.3. The lowest BCUT2D eigenvalue weighted by atomic mass is 9.82. The summed E-state index contributed by atoms with van der Waals surface area (Å²) in [5.74, 6) is -0.129. The molecule has 7 nitrogen and oxygen atoms in total. The molecule has 0 aromatic heterocycles. The Hall–Kier alpha value is -3.20. The van der Waals surface area contributed by atoms with Gasteiger partial charge in [0.25, 0.3) is 5.91 Å². The second-order valence-corrected chi connectivity index (χ2v) is 11.2. The molecule has 3 aromatic carbocycles. The maximum atomic E-state index is 13.6. The molecule has 0 aliphatic carbocycles. The number of carbonyl (C=O) groups excluding carboxylic acids is 1. The average molecular weight is 492 g/mol. The van der Waals surface area contributed by atoms with E-state index < -0.39 is 10.0 Å². The number of aliphatic hydroxyl groups excluding tert-OH is 1. The van der Waals surface area contributed by atoms with E-state index in [1.807, 2.05) is 36.4 Å². The second-order valence-electron chi connectivity index (χ2n) is 9.34. The summed E-state index contributed by atoms with van der Waals surface area (Å²) in [6.45, 7) is 0.317. The number of hydrogen-bond acceptors (Lipinski definition) is 5. The van der Waals surface area contributed by atoms with Gasteiger partial charge < -0.3 is 15.3 Å². The standard InChI is InChI=1S/C27H29N3O4S/c1-29(2)27(32)20-8-6-7-18(15-20)19-11-12-24-23(16-19)26-22(25(17-31)28-24)13-14-30(26)35(33,34)21-9-4-3-5-10-21/h3-12,15-16,22,25-26,28,31H,13-14,17H2,1-2H3/t22-,25-,26-/m0/s1. The number of anilines is 1. The van der Waals surface area contributed by atoms with Crippen molar-refractivity contribution in [1.82, 2.24) is 9.21 Å². The number of fused-ring (bicyclic) bond motifs is 3. The number of benzene rings is 3. The molecule has 0 unspecified atom stereocenters. The number of sulfonamides is 1. The van der Waals surface area contributed by atoms with E-state index in [1.54, 1.807) is 59.7 Å². The highest BCUT2D eigenvalue weighted by Crippen LogP contribution is 2.49. The van der Waals surface area contributed by atoms with E-state index in [1.165, 1.54) is 0 Å². The summed E-state index contributed by atoms with van der Waals surface area (Å²) >= 11 is 0. The highest BCUT2D eigenvalue weighted by atomic mass is 32.2. The smallest absolute Gasteiger partial charge is 0.253 e. The summed E-state index contributed by atoms with van der Waals surface area (Å²) < 4.78 is 28.9. The zero-order valence-corrected chi connectivity index (χ0v) is 20.6. The van der Waals surface area contributed by atoms with Crippen molar-refractivity contribution in [3.8, 4) is 11.1 Å². The van der Waals surface area contributed by atoms with Crippen molar-refractivity contribution in [2.75, 3.05) is 32.6 Å². The van der Waals surface area contributed by atoms with Crippen LogP contribution in [0.3, 0.4) is 0 Å². The maximum Gasteiger partial charge on any atom is 0.253 e. The molecule has 2 heterocycles.